The maximum atomic E-state index is 13.1. The normalized spacial score (nSPS) is 16.2. The monoisotopic (exact) mass is 379 g/mol. The van der Waals surface area contributed by atoms with Crippen molar-refractivity contribution in [1.82, 2.24) is 14.0 Å². The summed E-state index contributed by atoms with van der Waals surface area (Å²) in [6.07, 6.45) is 0.595. The topological polar surface area (TPSA) is 84.5 Å². The van der Waals surface area contributed by atoms with Gasteiger partial charge in [-0.1, -0.05) is 36.4 Å². The summed E-state index contributed by atoms with van der Waals surface area (Å²) in [7, 11) is 0. The number of carboxylic acid groups (broad SMARTS) is 1. The van der Waals surface area contributed by atoms with Crippen LogP contribution in [0.4, 0.5) is 0 Å². The minimum atomic E-state index is -1.07. The molecule has 28 heavy (non-hydrogen) atoms. The fourth-order valence-electron chi connectivity index (χ4n) is 4.06. The molecular formula is C21H21N3O4. The van der Waals surface area contributed by atoms with Crippen molar-refractivity contribution in [3.63, 3.8) is 0 Å². The highest BCUT2D eigenvalue weighted by atomic mass is 16.4. The van der Waals surface area contributed by atoms with Crippen molar-refractivity contribution in [3.8, 4) is 0 Å². The van der Waals surface area contributed by atoms with Crippen LogP contribution >= 0.6 is 0 Å². The first-order chi connectivity index (χ1) is 13.5. The van der Waals surface area contributed by atoms with E-state index in [1.165, 1.54) is 9.47 Å². The molecule has 1 aliphatic rings. The molecule has 0 fully saturated rings. The Balaban J connectivity index is 1.72. The highest BCUT2D eigenvalue weighted by Crippen LogP contribution is 2.30. The van der Waals surface area contributed by atoms with E-state index in [0.29, 0.717) is 30.6 Å². The first kappa shape index (κ1) is 18.0. The maximum absolute atomic E-state index is 13.1. The lowest BCUT2D eigenvalue weighted by Crippen LogP contribution is -2.45. The molecule has 2 aromatic carbocycles. The molecule has 1 unspecified atom stereocenters. The van der Waals surface area contributed by atoms with Crippen LogP contribution in [0, 0.1) is 0 Å². The summed E-state index contributed by atoms with van der Waals surface area (Å²) < 4.78 is 3.05. The van der Waals surface area contributed by atoms with E-state index in [4.69, 9.17) is 0 Å². The van der Waals surface area contributed by atoms with E-state index >= 15 is 0 Å². The van der Waals surface area contributed by atoms with Crippen LogP contribution in [0.3, 0.4) is 0 Å². The van der Waals surface area contributed by atoms with E-state index in [1.54, 1.807) is 22.8 Å². The van der Waals surface area contributed by atoms with E-state index in [1.807, 2.05) is 37.3 Å². The minimum absolute atomic E-state index is 0.182. The second-order valence-electron chi connectivity index (χ2n) is 6.88. The molecule has 7 heteroatoms. The number of hydrogen-bond donors (Lipinski definition) is 1. The van der Waals surface area contributed by atoms with E-state index < -0.39 is 12.0 Å². The molecule has 0 bridgehead atoms. The van der Waals surface area contributed by atoms with Gasteiger partial charge in [0.15, 0.2) is 6.04 Å². The number of imidazole rings is 1. The number of para-hydroxylation sites is 2. The molecule has 1 amide bonds. The molecule has 0 saturated heterocycles. The van der Waals surface area contributed by atoms with Gasteiger partial charge in [-0.3, -0.25) is 13.9 Å². The first-order valence-electron chi connectivity index (χ1n) is 9.31. The van der Waals surface area contributed by atoms with Gasteiger partial charge < -0.3 is 10.0 Å². The number of carbonyl (C=O) groups excluding carboxylic acids is 1. The highest BCUT2D eigenvalue weighted by molar-refractivity contribution is 5.86. The zero-order valence-electron chi connectivity index (χ0n) is 15.5. The van der Waals surface area contributed by atoms with E-state index in [9.17, 15) is 19.5 Å². The van der Waals surface area contributed by atoms with Crippen molar-refractivity contribution in [2.45, 2.75) is 32.5 Å². The zero-order valence-corrected chi connectivity index (χ0v) is 15.5. The second kappa shape index (κ2) is 6.99. The Kier molecular flexibility index (Phi) is 4.50. The number of hydrogen-bond acceptors (Lipinski definition) is 3. The quantitative estimate of drug-likeness (QED) is 0.752. The van der Waals surface area contributed by atoms with Gasteiger partial charge >= 0.3 is 11.7 Å². The summed E-state index contributed by atoms with van der Waals surface area (Å²) in [5.74, 6) is -1.44. The lowest BCUT2D eigenvalue weighted by atomic mass is 9.92. The third-order valence-corrected chi connectivity index (χ3v) is 5.37. The summed E-state index contributed by atoms with van der Waals surface area (Å²) in [4.78, 5) is 39.2. The van der Waals surface area contributed by atoms with Crippen molar-refractivity contribution in [3.05, 3.63) is 70.1 Å². The molecule has 1 atom stereocenters. The molecule has 1 aliphatic heterocycles. The molecule has 4 rings (SSSR count). The minimum Gasteiger partial charge on any atom is -0.479 e. The Morgan fingerprint density at radius 3 is 2.36 bits per heavy atom. The number of rotatable bonds is 4. The number of aliphatic carboxylic acids is 1. The molecule has 1 aromatic heterocycles. The Morgan fingerprint density at radius 2 is 1.68 bits per heavy atom. The van der Waals surface area contributed by atoms with E-state index in [0.717, 1.165) is 11.1 Å². The Labute approximate surface area is 161 Å². The van der Waals surface area contributed by atoms with Crippen LogP contribution in [0.5, 0.6) is 0 Å². The van der Waals surface area contributed by atoms with Crippen LogP contribution in [0.1, 0.15) is 24.1 Å². The average molecular weight is 379 g/mol. The van der Waals surface area contributed by atoms with Gasteiger partial charge in [0.25, 0.3) is 0 Å². The number of amides is 1. The molecule has 0 radical (unpaired) electrons. The van der Waals surface area contributed by atoms with Gasteiger partial charge in [0.2, 0.25) is 5.91 Å². The molecule has 144 valence electrons. The predicted octanol–water partition coefficient (Wildman–Crippen LogP) is 2.03. The fraction of sp³-hybridized carbons (Fsp3) is 0.286. The smallest absolute Gasteiger partial charge is 0.331 e. The number of nitrogens with zero attached hydrogens (tertiary/aromatic N) is 3. The van der Waals surface area contributed by atoms with Crippen molar-refractivity contribution in [1.29, 1.82) is 0 Å². The van der Waals surface area contributed by atoms with Crippen LogP contribution in [-0.4, -0.2) is 37.6 Å². The standard InChI is InChI=1S/C21H21N3O4/c1-2-22-16-9-5-6-10-17(16)24(21(22)28)13-18(25)23-12-11-14-7-3-4-8-15(14)19(23)20(26)27/h3-10,19H,2,11-13H2,1H3,(H,26,27). The third-order valence-electron chi connectivity index (χ3n) is 5.37. The fourth-order valence-corrected chi connectivity index (χ4v) is 4.06. The van der Waals surface area contributed by atoms with Gasteiger partial charge in [0.1, 0.15) is 6.54 Å². The lowest BCUT2D eigenvalue weighted by molar-refractivity contribution is -0.151. The molecule has 0 saturated carbocycles. The number of benzene rings is 2. The highest BCUT2D eigenvalue weighted by Gasteiger charge is 2.36. The molecule has 7 nitrogen and oxygen atoms in total. The first-order valence-corrected chi connectivity index (χ1v) is 9.31. The van der Waals surface area contributed by atoms with E-state index in [-0.39, 0.29) is 18.1 Å². The molecule has 0 spiro atoms. The van der Waals surface area contributed by atoms with Gasteiger partial charge in [-0.2, -0.15) is 0 Å². The number of aromatic nitrogens is 2. The van der Waals surface area contributed by atoms with Crippen LogP contribution in [-0.2, 0) is 29.1 Å². The zero-order chi connectivity index (χ0) is 19.8. The van der Waals surface area contributed by atoms with Crippen molar-refractivity contribution < 1.29 is 14.7 Å². The van der Waals surface area contributed by atoms with Gasteiger partial charge in [0, 0.05) is 13.1 Å². The number of carboxylic acids is 1. The van der Waals surface area contributed by atoms with Crippen LogP contribution in [0.15, 0.2) is 53.3 Å². The molecule has 1 N–H and O–H groups in total. The Morgan fingerprint density at radius 1 is 1.04 bits per heavy atom. The number of aryl methyl sites for hydroxylation is 1. The molecule has 3 aromatic rings. The SMILES string of the molecule is CCn1c(=O)n(CC(=O)N2CCc3ccccc3C2C(=O)O)c2ccccc21. The largest absolute Gasteiger partial charge is 0.479 e. The van der Waals surface area contributed by atoms with E-state index in [2.05, 4.69) is 0 Å². The van der Waals surface area contributed by atoms with Crippen molar-refractivity contribution in [2.75, 3.05) is 6.54 Å². The van der Waals surface area contributed by atoms with Crippen LogP contribution in [0.2, 0.25) is 0 Å². The molecule has 2 heterocycles. The Hall–Kier alpha value is -3.35. The van der Waals surface area contributed by atoms with Crippen molar-refractivity contribution in [2.24, 2.45) is 0 Å². The third kappa shape index (κ3) is 2.79. The maximum Gasteiger partial charge on any atom is 0.331 e. The number of fused-ring (bicyclic) bond motifs is 2. The summed E-state index contributed by atoms with van der Waals surface area (Å²) >= 11 is 0. The van der Waals surface area contributed by atoms with Gasteiger partial charge in [0.05, 0.1) is 11.0 Å². The van der Waals surface area contributed by atoms with Gasteiger partial charge in [-0.25, -0.2) is 9.59 Å². The summed E-state index contributed by atoms with van der Waals surface area (Å²) in [6.45, 7) is 2.50. The molecule has 0 aliphatic carbocycles. The van der Waals surface area contributed by atoms with Crippen LogP contribution in [0.25, 0.3) is 11.0 Å². The average Bonchev–Trinajstić information content (AvgIpc) is 2.97. The predicted molar refractivity (Wildman–Crippen MR) is 104 cm³/mol. The van der Waals surface area contributed by atoms with Crippen molar-refractivity contribution >= 4 is 22.9 Å². The number of carbonyl (C=O) groups is 2. The van der Waals surface area contributed by atoms with Gasteiger partial charge in [-0.15, -0.1) is 0 Å². The summed E-state index contributed by atoms with van der Waals surface area (Å²) in [5.41, 5.74) is 2.76. The van der Waals surface area contributed by atoms with Crippen LogP contribution < -0.4 is 5.69 Å². The molecular weight excluding hydrogens is 358 g/mol. The summed E-state index contributed by atoms with van der Waals surface area (Å²) in [5, 5.41) is 9.77. The lowest BCUT2D eigenvalue weighted by Gasteiger charge is -2.34. The summed E-state index contributed by atoms with van der Waals surface area (Å²) in [6, 6.07) is 13.6. The Bertz CT molecular complexity index is 1130. The van der Waals surface area contributed by atoms with Gasteiger partial charge in [-0.05, 0) is 36.6 Å². The second-order valence-corrected chi connectivity index (χ2v) is 6.88.